The van der Waals surface area contributed by atoms with Gasteiger partial charge in [0, 0.05) is 39.9 Å². The molecule has 16 heavy (non-hydrogen) atoms. The van der Waals surface area contributed by atoms with E-state index in [1.54, 1.807) is 27.7 Å². The van der Waals surface area contributed by atoms with E-state index in [1.165, 1.54) is 0 Å². The predicted octanol–water partition coefficient (Wildman–Crippen LogP) is 2.38. The molecule has 0 amide bonds. The first kappa shape index (κ1) is 18.6. The molecule has 0 aliphatic rings. The van der Waals surface area contributed by atoms with Crippen molar-refractivity contribution in [1.29, 1.82) is 0 Å². The summed E-state index contributed by atoms with van der Waals surface area (Å²) in [7, 11) is 0. The zero-order valence-electron chi connectivity index (χ0n) is 10.2. The fourth-order valence-corrected chi connectivity index (χ4v) is 1.19. The minimum Gasteiger partial charge on any atom is -0.481 e. The average Bonchev–Trinajstić information content (AvgIpc) is 2.02. The van der Waals surface area contributed by atoms with Crippen LogP contribution in [0.5, 0.6) is 0 Å². The molecule has 0 aliphatic heterocycles. The second-order valence-electron chi connectivity index (χ2n) is 5.23. The summed E-state index contributed by atoms with van der Waals surface area (Å²) in [5.74, 6) is -1.67. The molecule has 5 heteroatoms. The zero-order valence-corrected chi connectivity index (χ0v) is 12.5. The molecular weight excluding hydrogens is 353 g/mol. The molecule has 0 atom stereocenters. The summed E-state index contributed by atoms with van der Waals surface area (Å²) in [5, 5.41) is 17.7. The van der Waals surface area contributed by atoms with E-state index in [2.05, 4.69) is 0 Å². The number of rotatable bonds is 6. The molecule has 0 rings (SSSR count). The van der Waals surface area contributed by atoms with Crippen molar-refractivity contribution >= 4 is 11.9 Å². The Kier molecular flexibility index (Phi) is 8.00. The Bertz CT molecular complexity index is 233. The Morgan fingerprint density at radius 3 is 1.31 bits per heavy atom. The summed E-state index contributed by atoms with van der Waals surface area (Å²) in [5.41, 5.74) is -1.54. The monoisotopic (exact) mass is 374 g/mol. The number of hydrogen-bond acceptors (Lipinski definition) is 2. The SMILES string of the molecule is CC(C)(CCCC(C)(C)C(=O)O)C(=O)O.[Gd]. The molecule has 0 aromatic heterocycles. The Morgan fingerprint density at radius 2 is 1.12 bits per heavy atom. The van der Waals surface area contributed by atoms with E-state index in [-0.39, 0.29) is 39.9 Å². The van der Waals surface area contributed by atoms with Gasteiger partial charge in [-0.15, -0.1) is 0 Å². The van der Waals surface area contributed by atoms with Gasteiger partial charge in [-0.2, -0.15) is 0 Å². The van der Waals surface area contributed by atoms with Gasteiger partial charge in [0.25, 0.3) is 0 Å². The Morgan fingerprint density at radius 1 is 0.875 bits per heavy atom. The first-order valence-corrected chi connectivity index (χ1v) is 5.06. The van der Waals surface area contributed by atoms with Crippen molar-refractivity contribution in [1.82, 2.24) is 0 Å². The van der Waals surface area contributed by atoms with E-state index in [0.29, 0.717) is 19.3 Å². The molecule has 96 valence electrons. The standard InChI is InChI=1S/C11H20O4.Gd/c1-10(2,8(12)13)6-5-7-11(3,4)9(14)15;/h5-7H2,1-4H3,(H,12,13)(H,14,15);. The van der Waals surface area contributed by atoms with E-state index in [4.69, 9.17) is 10.2 Å². The van der Waals surface area contributed by atoms with Crippen LogP contribution in [0.25, 0.3) is 0 Å². The van der Waals surface area contributed by atoms with Crippen LogP contribution >= 0.6 is 0 Å². The maximum Gasteiger partial charge on any atom is 0.309 e. The van der Waals surface area contributed by atoms with Gasteiger partial charge in [0.05, 0.1) is 10.8 Å². The van der Waals surface area contributed by atoms with Gasteiger partial charge in [-0.25, -0.2) is 0 Å². The van der Waals surface area contributed by atoms with Crippen molar-refractivity contribution in [3.05, 3.63) is 0 Å². The fraction of sp³-hybridized carbons (Fsp3) is 0.818. The van der Waals surface area contributed by atoms with Crippen molar-refractivity contribution in [3.8, 4) is 0 Å². The van der Waals surface area contributed by atoms with Crippen LogP contribution in [0.3, 0.4) is 0 Å². The summed E-state index contributed by atoms with van der Waals surface area (Å²) >= 11 is 0. The van der Waals surface area contributed by atoms with Crippen LogP contribution in [0, 0.1) is 50.8 Å². The van der Waals surface area contributed by atoms with Gasteiger partial charge in [0.15, 0.2) is 0 Å². The number of carbonyl (C=O) groups is 2. The topological polar surface area (TPSA) is 74.6 Å². The molecule has 0 unspecified atom stereocenters. The van der Waals surface area contributed by atoms with Gasteiger partial charge in [0.1, 0.15) is 0 Å². The van der Waals surface area contributed by atoms with Crippen LogP contribution in [-0.4, -0.2) is 22.2 Å². The van der Waals surface area contributed by atoms with E-state index in [9.17, 15) is 9.59 Å². The smallest absolute Gasteiger partial charge is 0.309 e. The number of carboxylic acid groups (broad SMARTS) is 2. The summed E-state index contributed by atoms with van der Waals surface area (Å²) in [6.07, 6.45) is 1.61. The minimum absolute atomic E-state index is 0. The summed E-state index contributed by atoms with van der Waals surface area (Å²) < 4.78 is 0. The third-order valence-corrected chi connectivity index (χ3v) is 2.76. The third-order valence-electron chi connectivity index (χ3n) is 2.76. The fourth-order valence-electron chi connectivity index (χ4n) is 1.19. The normalized spacial score (nSPS) is 11.8. The molecule has 0 spiro atoms. The van der Waals surface area contributed by atoms with Crippen molar-refractivity contribution in [2.45, 2.75) is 47.0 Å². The first-order valence-electron chi connectivity index (χ1n) is 5.06. The molecule has 0 radical (unpaired) electrons. The van der Waals surface area contributed by atoms with Gasteiger partial charge in [-0.3, -0.25) is 9.59 Å². The Balaban J connectivity index is 0. The van der Waals surface area contributed by atoms with Crippen molar-refractivity contribution < 1.29 is 59.7 Å². The van der Waals surface area contributed by atoms with E-state index in [0.717, 1.165) is 0 Å². The quantitative estimate of drug-likeness (QED) is 0.750. The molecule has 0 aliphatic carbocycles. The molecule has 4 nitrogen and oxygen atoms in total. The van der Waals surface area contributed by atoms with Crippen molar-refractivity contribution in [3.63, 3.8) is 0 Å². The van der Waals surface area contributed by atoms with Crippen LogP contribution in [-0.2, 0) is 9.59 Å². The molecule has 0 saturated heterocycles. The van der Waals surface area contributed by atoms with E-state index >= 15 is 0 Å². The first-order chi connectivity index (χ1) is 6.59. The third kappa shape index (κ3) is 6.11. The largest absolute Gasteiger partial charge is 0.481 e. The van der Waals surface area contributed by atoms with E-state index in [1.807, 2.05) is 0 Å². The Labute approximate surface area is 128 Å². The van der Waals surface area contributed by atoms with Crippen molar-refractivity contribution in [2.24, 2.45) is 10.8 Å². The average molecular weight is 374 g/mol. The maximum absolute atomic E-state index is 10.8. The van der Waals surface area contributed by atoms with E-state index < -0.39 is 22.8 Å². The molecule has 0 bridgehead atoms. The summed E-state index contributed by atoms with van der Waals surface area (Å²) in [6.45, 7) is 6.62. The molecular formula is C11H20GdO4. The minimum atomic E-state index is -0.837. The van der Waals surface area contributed by atoms with Crippen LogP contribution < -0.4 is 0 Å². The molecule has 0 aromatic rings. The molecule has 0 saturated carbocycles. The second-order valence-corrected chi connectivity index (χ2v) is 5.23. The maximum atomic E-state index is 10.8. The number of carboxylic acids is 2. The van der Waals surface area contributed by atoms with Crippen LogP contribution in [0.2, 0.25) is 0 Å². The van der Waals surface area contributed by atoms with Gasteiger partial charge in [-0.05, 0) is 40.5 Å². The number of aliphatic carboxylic acids is 2. The molecule has 0 heterocycles. The Hall–Kier alpha value is 0.265. The van der Waals surface area contributed by atoms with Crippen LogP contribution in [0.1, 0.15) is 47.0 Å². The van der Waals surface area contributed by atoms with Gasteiger partial charge in [-0.1, -0.05) is 6.42 Å². The number of hydrogen-bond donors (Lipinski definition) is 2. The molecule has 2 N–H and O–H groups in total. The summed E-state index contributed by atoms with van der Waals surface area (Å²) in [6, 6.07) is 0. The second kappa shape index (κ2) is 6.87. The van der Waals surface area contributed by atoms with Gasteiger partial charge < -0.3 is 10.2 Å². The van der Waals surface area contributed by atoms with Gasteiger partial charge in [0.2, 0.25) is 0 Å². The van der Waals surface area contributed by atoms with Crippen molar-refractivity contribution in [2.75, 3.05) is 0 Å². The van der Waals surface area contributed by atoms with Crippen LogP contribution in [0.4, 0.5) is 0 Å². The van der Waals surface area contributed by atoms with Gasteiger partial charge >= 0.3 is 11.9 Å². The molecule has 0 fully saturated rings. The molecule has 0 aromatic carbocycles. The summed E-state index contributed by atoms with van der Waals surface area (Å²) in [4.78, 5) is 21.6. The predicted molar refractivity (Wildman–Crippen MR) is 56.7 cm³/mol. The van der Waals surface area contributed by atoms with Crippen LogP contribution in [0.15, 0.2) is 0 Å². The zero-order chi connectivity index (χ0) is 12.3.